The normalized spacial score (nSPS) is 15.4. The Balaban J connectivity index is 1.86. The molecule has 1 aromatic carbocycles. The summed E-state index contributed by atoms with van der Waals surface area (Å²) in [4.78, 5) is 54.5. The van der Waals surface area contributed by atoms with Crippen LogP contribution in [0.5, 0.6) is 0 Å². The molecule has 0 saturated heterocycles. The van der Waals surface area contributed by atoms with Gasteiger partial charge in [0.05, 0.1) is 12.1 Å². The zero-order chi connectivity index (χ0) is 21.0. The van der Waals surface area contributed by atoms with Crippen LogP contribution in [0.4, 0.5) is 0 Å². The molecule has 1 aromatic heterocycles. The fraction of sp³-hybridized carbons (Fsp3) is 0.333. The molecule has 0 fully saturated rings. The summed E-state index contributed by atoms with van der Waals surface area (Å²) in [5, 5.41) is 0. The molecule has 152 valence electrons. The highest BCUT2D eigenvalue weighted by molar-refractivity contribution is 6.01. The lowest BCUT2D eigenvalue weighted by atomic mass is 9.98. The van der Waals surface area contributed by atoms with Crippen LogP contribution >= 0.6 is 0 Å². The van der Waals surface area contributed by atoms with Crippen molar-refractivity contribution in [2.45, 2.75) is 38.8 Å². The van der Waals surface area contributed by atoms with Gasteiger partial charge < -0.3 is 14.6 Å². The van der Waals surface area contributed by atoms with Gasteiger partial charge in [0.1, 0.15) is 5.60 Å². The highest BCUT2D eigenvalue weighted by Gasteiger charge is 2.33. The number of benzene rings is 1. The van der Waals surface area contributed by atoms with Gasteiger partial charge in [0.25, 0.3) is 11.5 Å². The predicted octanol–water partition coefficient (Wildman–Crippen LogP) is 1.29. The number of rotatable bonds is 6. The summed E-state index contributed by atoms with van der Waals surface area (Å²) in [6, 6.07) is 9.60. The van der Waals surface area contributed by atoms with E-state index in [4.69, 9.17) is 4.74 Å². The van der Waals surface area contributed by atoms with E-state index in [-0.39, 0.29) is 30.1 Å². The van der Waals surface area contributed by atoms with Crippen LogP contribution in [0.1, 0.15) is 31.4 Å². The van der Waals surface area contributed by atoms with Crippen LogP contribution in [0, 0.1) is 0 Å². The molecule has 3 rings (SSSR count). The van der Waals surface area contributed by atoms with Crippen molar-refractivity contribution in [1.29, 1.82) is 0 Å². The molecule has 8 heteroatoms. The number of hydrogen-bond donors (Lipinski definition) is 2. The van der Waals surface area contributed by atoms with Crippen molar-refractivity contribution in [3.63, 3.8) is 0 Å². The molecule has 0 spiro atoms. The molecule has 0 saturated carbocycles. The van der Waals surface area contributed by atoms with Gasteiger partial charge in [-0.2, -0.15) is 0 Å². The molecule has 0 radical (unpaired) electrons. The number of aromatic amines is 2. The van der Waals surface area contributed by atoms with E-state index >= 15 is 0 Å². The second-order valence-corrected chi connectivity index (χ2v) is 7.57. The van der Waals surface area contributed by atoms with Gasteiger partial charge in [-0.25, -0.2) is 4.79 Å². The van der Waals surface area contributed by atoms with Crippen LogP contribution in [-0.2, 0) is 27.3 Å². The summed E-state index contributed by atoms with van der Waals surface area (Å²) >= 11 is 0. The number of ketones is 1. The van der Waals surface area contributed by atoms with Crippen molar-refractivity contribution in [2.75, 3.05) is 6.54 Å². The Kier molecular flexibility index (Phi) is 5.81. The average molecular weight is 397 g/mol. The van der Waals surface area contributed by atoms with Crippen LogP contribution in [0.2, 0.25) is 0 Å². The van der Waals surface area contributed by atoms with Gasteiger partial charge in [0.2, 0.25) is 0 Å². The van der Waals surface area contributed by atoms with Crippen LogP contribution in [0.15, 0.2) is 58.0 Å². The molecule has 0 unspecified atom stereocenters. The van der Waals surface area contributed by atoms with Crippen LogP contribution in [-0.4, -0.2) is 38.7 Å². The minimum atomic E-state index is -0.780. The first kappa shape index (κ1) is 20.3. The molecule has 8 nitrogen and oxygen atoms in total. The number of nitrogens with zero attached hydrogens (tertiary/aromatic N) is 1. The quantitative estimate of drug-likeness (QED) is 0.763. The lowest BCUT2D eigenvalue weighted by Gasteiger charge is -2.32. The van der Waals surface area contributed by atoms with E-state index in [1.165, 1.54) is 17.2 Å². The average Bonchev–Trinajstić information content (AvgIpc) is 2.65. The van der Waals surface area contributed by atoms with E-state index in [9.17, 15) is 19.2 Å². The second-order valence-electron chi connectivity index (χ2n) is 7.57. The third kappa shape index (κ3) is 5.31. The molecular weight excluding hydrogens is 374 g/mol. The fourth-order valence-corrected chi connectivity index (χ4v) is 3.16. The smallest absolute Gasteiger partial charge is 0.325 e. The molecule has 0 bridgehead atoms. The molecule has 1 amide bonds. The van der Waals surface area contributed by atoms with E-state index in [2.05, 4.69) is 9.97 Å². The summed E-state index contributed by atoms with van der Waals surface area (Å²) in [5.74, 6) is -0.706. The Bertz CT molecular complexity index is 1050. The lowest BCUT2D eigenvalue weighted by molar-refractivity contribution is -0.138. The minimum Gasteiger partial charge on any atom is -0.481 e. The molecule has 0 atom stereocenters. The Morgan fingerprint density at radius 2 is 1.90 bits per heavy atom. The Morgan fingerprint density at radius 1 is 1.17 bits per heavy atom. The van der Waals surface area contributed by atoms with Crippen LogP contribution in [0.25, 0.3) is 0 Å². The zero-order valence-electron chi connectivity index (χ0n) is 16.4. The van der Waals surface area contributed by atoms with Crippen molar-refractivity contribution < 1.29 is 14.3 Å². The number of aromatic nitrogens is 2. The first-order valence-electron chi connectivity index (χ1n) is 9.31. The third-order valence-electron chi connectivity index (χ3n) is 4.55. The maximum atomic E-state index is 13.1. The summed E-state index contributed by atoms with van der Waals surface area (Å²) in [6.07, 6.45) is 3.24. The Morgan fingerprint density at radius 3 is 2.55 bits per heavy atom. The SMILES string of the molecule is CC1(C)CC(=O)C=C(C(=O)N(CCc2ccccc2)Cc2c[nH]c(=O)[nH]c2=O)O1. The van der Waals surface area contributed by atoms with E-state index in [0.717, 1.165) is 5.56 Å². The fourth-order valence-electron chi connectivity index (χ4n) is 3.16. The number of hydrogen-bond acceptors (Lipinski definition) is 5. The van der Waals surface area contributed by atoms with Gasteiger partial charge in [-0.15, -0.1) is 0 Å². The first-order chi connectivity index (χ1) is 13.7. The van der Waals surface area contributed by atoms with E-state index in [0.29, 0.717) is 13.0 Å². The summed E-state index contributed by atoms with van der Waals surface area (Å²) in [7, 11) is 0. The van der Waals surface area contributed by atoms with E-state index in [1.807, 2.05) is 30.3 Å². The number of amides is 1. The van der Waals surface area contributed by atoms with Crippen molar-refractivity contribution in [1.82, 2.24) is 14.9 Å². The third-order valence-corrected chi connectivity index (χ3v) is 4.55. The van der Waals surface area contributed by atoms with E-state index in [1.54, 1.807) is 13.8 Å². The molecule has 2 heterocycles. The number of carbonyl (C=O) groups excluding carboxylic acids is 2. The monoisotopic (exact) mass is 397 g/mol. The molecule has 2 N–H and O–H groups in total. The molecule has 1 aliphatic heterocycles. The highest BCUT2D eigenvalue weighted by atomic mass is 16.5. The van der Waals surface area contributed by atoms with Gasteiger partial charge in [-0.3, -0.25) is 19.4 Å². The Labute approximate surface area is 167 Å². The first-order valence-corrected chi connectivity index (χ1v) is 9.31. The van der Waals surface area contributed by atoms with Gasteiger partial charge in [-0.1, -0.05) is 30.3 Å². The highest BCUT2D eigenvalue weighted by Crippen LogP contribution is 2.26. The van der Waals surface area contributed by atoms with Crippen LogP contribution < -0.4 is 11.2 Å². The van der Waals surface area contributed by atoms with Crippen molar-refractivity contribution in [3.8, 4) is 0 Å². The number of ether oxygens (including phenoxy) is 1. The Hall–Kier alpha value is -3.42. The largest absolute Gasteiger partial charge is 0.481 e. The zero-order valence-corrected chi connectivity index (χ0v) is 16.4. The standard InChI is InChI=1S/C21H23N3O5/c1-21(2)11-16(25)10-17(29-21)19(27)24(9-8-14-6-4-3-5-7-14)13-15-12-22-20(28)23-18(15)26/h3-7,10,12H,8-9,11,13H2,1-2H3,(H2,22,23,26,28). The molecular formula is C21H23N3O5. The van der Waals surface area contributed by atoms with Crippen molar-refractivity contribution >= 4 is 11.7 Å². The van der Waals surface area contributed by atoms with E-state index < -0.39 is 22.8 Å². The lowest BCUT2D eigenvalue weighted by Crippen LogP contribution is -2.41. The number of H-pyrrole nitrogens is 2. The molecule has 0 aliphatic carbocycles. The number of nitrogens with one attached hydrogen (secondary N) is 2. The van der Waals surface area contributed by atoms with Gasteiger partial charge in [0, 0.05) is 25.2 Å². The summed E-state index contributed by atoms with van der Waals surface area (Å²) < 4.78 is 5.73. The topological polar surface area (TPSA) is 112 Å². The molecule has 2 aromatic rings. The maximum absolute atomic E-state index is 13.1. The maximum Gasteiger partial charge on any atom is 0.325 e. The van der Waals surface area contributed by atoms with Crippen molar-refractivity contribution in [3.05, 3.63) is 80.3 Å². The minimum absolute atomic E-state index is 0.0346. The van der Waals surface area contributed by atoms with Gasteiger partial charge >= 0.3 is 5.69 Å². The number of allylic oxidation sites excluding steroid dienone is 1. The van der Waals surface area contributed by atoms with Gasteiger partial charge in [0.15, 0.2) is 11.5 Å². The van der Waals surface area contributed by atoms with Crippen molar-refractivity contribution in [2.24, 2.45) is 0 Å². The predicted molar refractivity (Wildman–Crippen MR) is 106 cm³/mol. The molecule has 29 heavy (non-hydrogen) atoms. The number of carbonyl (C=O) groups is 2. The summed E-state index contributed by atoms with van der Waals surface area (Å²) in [6.45, 7) is 3.75. The molecule has 1 aliphatic rings. The van der Waals surface area contributed by atoms with Crippen LogP contribution in [0.3, 0.4) is 0 Å². The summed E-state index contributed by atoms with van der Waals surface area (Å²) in [5.41, 5.74) is -0.714. The second kappa shape index (κ2) is 8.30. The van der Waals surface area contributed by atoms with Gasteiger partial charge in [-0.05, 0) is 25.8 Å².